The first-order chi connectivity index (χ1) is 9.70. The second-order valence-corrected chi connectivity index (χ2v) is 7.47. The maximum Gasteiger partial charge on any atom is 0.309 e. The maximum atomic E-state index is 12.3. The van der Waals surface area contributed by atoms with Gasteiger partial charge in [0.25, 0.3) is 0 Å². The molecule has 6 rings (SSSR count). The predicted molar refractivity (Wildman–Crippen MR) is 68.2 cm³/mol. The van der Waals surface area contributed by atoms with Gasteiger partial charge >= 0.3 is 11.9 Å². The fourth-order valence-corrected chi connectivity index (χ4v) is 7.81. The Bertz CT molecular complexity index is 471. The molecule has 0 saturated heterocycles. The molecule has 6 fully saturated rings. The van der Waals surface area contributed by atoms with E-state index < -0.39 is 0 Å². The first kappa shape index (κ1) is 11.6. The minimum atomic E-state index is -0.227. The molecular formula is C16H20O4. The van der Waals surface area contributed by atoms with Crippen LogP contribution in [0.5, 0.6) is 0 Å². The molecule has 6 aliphatic rings. The molecule has 6 aliphatic carbocycles. The summed E-state index contributed by atoms with van der Waals surface area (Å²) in [5.41, 5.74) is 0. The molecule has 0 heterocycles. The van der Waals surface area contributed by atoms with Crippen LogP contribution in [0.4, 0.5) is 0 Å². The molecule has 0 aromatic heterocycles. The minimum absolute atomic E-state index is 0.181. The lowest BCUT2D eigenvalue weighted by atomic mass is 9.63. The highest BCUT2D eigenvalue weighted by Crippen LogP contribution is 2.84. The molecule has 0 amide bonds. The molecule has 4 nitrogen and oxygen atoms in total. The molecular weight excluding hydrogens is 256 g/mol. The molecule has 6 saturated carbocycles. The van der Waals surface area contributed by atoms with E-state index in [0.29, 0.717) is 29.6 Å². The highest BCUT2D eigenvalue weighted by Gasteiger charge is 2.83. The largest absolute Gasteiger partial charge is 0.469 e. The van der Waals surface area contributed by atoms with Gasteiger partial charge in [0.1, 0.15) is 0 Å². The molecule has 0 radical (unpaired) electrons. The first-order valence-corrected chi connectivity index (χ1v) is 7.86. The van der Waals surface area contributed by atoms with Gasteiger partial charge in [0, 0.05) is 0 Å². The van der Waals surface area contributed by atoms with Crippen molar-refractivity contribution in [2.75, 3.05) is 14.2 Å². The van der Waals surface area contributed by atoms with Gasteiger partial charge in [-0.15, -0.1) is 0 Å². The average molecular weight is 276 g/mol. The van der Waals surface area contributed by atoms with Crippen molar-refractivity contribution in [2.45, 2.75) is 12.8 Å². The Morgan fingerprint density at radius 3 is 1.55 bits per heavy atom. The molecule has 0 aliphatic heterocycles. The maximum absolute atomic E-state index is 12.3. The van der Waals surface area contributed by atoms with E-state index in [-0.39, 0.29) is 23.8 Å². The Morgan fingerprint density at radius 1 is 0.700 bits per heavy atom. The quantitative estimate of drug-likeness (QED) is 0.714. The van der Waals surface area contributed by atoms with Crippen molar-refractivity contribution in [1.82, 2.24) is 0 Å². The Hall–Kier alpha value is -1.06. The van der Waals surface area contributed by atoms with E-state index in [2.05, 4.69) is 0 Å². The van der Waals surface area contributed by atoms with E-state index in [9.17, 15) is 9.59 Å². The number of carbonyl (C=O) groups is 2. The molecule has 4 heteroatoms. The number of hydrogen-bond donors (Lipinski definition) is 0. The van der Waals surface area contributed by atoms with Crippen LogP contribution >= 0.6 is 0 Å². The number of carbonyl (C=O) groups excluding carboxylic acids is 2. The van der Waals surface area contributed by atoms with Crippen molar-refractivity contribution < 1.29 is 19.1 Å². The summed E-state index contributed by atoms with van der Waals surface area (Å²) in [6.07, 6.45) is 2.71. The van der Waals surface area contributed by atoms with Gasteiger partial charge < -0.3 is 9.47 Å². The average Bonchev–Trinajstić information content (AvgIpc) is 3.23. The van der Waals surface area contributed by atoms with Crippen LogP contribution in [-0.4, -0.2) is 26.2 Å². The molecule has 10 atom stereocenters. The molecule has 0 N–H and O–H groups in total. The summed E-state index contributed by atoms with van der Waals surface area (Å²) in [5.74, 6) is 4.53. The number of ether oxygens (including phenoxy) is 2. The van der Waals surface area contributed by atoms with Crippen molar-refractivity contribution in [3.63, 3.8) is 0 Å². The summed E-state index contributed by atoms with van der Waals surface area (Å²) in [5, 5.41) is 0. The Labute approximate surface area is 118 Å². The highest BCUT2D eigenvalue weighted by atomic mass is 16.5. The minimum Gasteiger partial charge on any atom is -0.469 e. The zero-order chi connectivity index (χ0) is 13.8. The summed E-state index contributed by atoms with van der Waals surface area (Å²) < 4.78 is 10.0. The number of methoxy groups -OCH3 is 2. The lowest BCUT2D eigenvalue weighted by Crippen LogP contribution is -2.45. The number of esters is 2. The van der Waals surface area contributed by atoms with E-state index in [1.54, 1.807) is 0 Å². The zero-order valence-electron chi connectivity index (χ0n) is 11.8. The third kappa shape index (κ3) is 0.932. The molecule has 8 bridgehead atoms. The summed E-state index contributed by atoms with van der Waals surface area (Å²) in [4.78, 5) is 24.5. The van der Waals surface area contributed by atoms with E-state index in [1.165, 1.54) is 27.1 Å². The van der Waals surface area contributed by atoms with Crippen LogP contribution in [0.2, 0.25) is 0 Å². The van der Waals surface area contributed by atoms with E-state index in [4.69, 9.17) is 9.47 Å². The lowest BCUT2D eigenvalue weighted by molar-refractivity contribution is -0.163. The normalized spacial score (nSPS) is 59.5. The van der Waals surface area contributed by atoms with Gasteiger partial charge in [0.05, 0.1) is 26.1 Å². The van der Waals surface area contributed by atoms with Crippen LogP contribution < -0.4 is 0 Å². The predicted octanol–water partition coefficient (Wildman–Crippen LogP) is 1.34. The number of hydrogen-bond acceptors (Lipinski definition) is 4. The Balaban J connectivity index is 1.59. The van der Waals surface area contributed by atoms with Gasteiger partial charge in [-0.1, -0.05) is 0 Å². The zero-order valence-corrected chi connectivity index (χ0v) is 11.8. The summed E-state index contributed by atoms with van der Waals surface area (Å²) >= 11 is 0. The fraction of sp³-hybridized carbons (Fsp3) is 0.875. The Morgan fingerprint density at radius 2 is 1.15 bits per heavy atom. The van der Waals surface area contributed by atoms with Gasteiger partial charge in [-0.25, -0.2) is 0 Å². The molecule has 108 valence electrons. The lowest BCUT2D eigenvalue weighted by Gasteiger charge is -2.40. The first-order valence-electron chi connectivity index (χ1n) is 7.86. The van der Waals surface area contributed by atoms with Gasteiger partial charge in [-0.05, 0) is 60.2 Å². The molecule has 0 aromatic carbocycles. The summed E-state index contributed by atoms with van der Waals surface area (Å²) in [7, 11) is 2.88. The topological polar surface area (TPSA) is 52.6 Å². The number of rotatable bonds is 2. The summed E-state index contributed by atoms with van der Waals surface area (Å²) in [6, 6.07) is 0. The third-order valence-electron chi connectivity index (χ3n) is 7.64. The second kappa shape index (κ2) is 3.40. The smallest absolute Gasteiger partial charge is 0.309 e. The fourth-order valence-electron chi connectivity index (χ4n) is 7.81. The molecule has 20 heavy (non-hydrogen) atoms. The Kier molecular flexibility index (Phi) is 1.97. The van der Waals surface area contributed by atoms with Gasteiger partial charge in [0.2, 0.25) is 0 Å². The second-order valence-electron chi connectivity index (χ2n) is 7.47. The van der Waals surface area contributed by atoms with E-state index in [0.717, 1.165) is 17.8 Å². The van der Waals surface area contributed by atoms with Crippen molar-refractivity contribution in [3.8, 4) is 0 Å². The van der Waals surface area contributed by atoms with Crippen LogP contribution in [0, 0.1) is 59.2 Å². The monoisotopic (exact) mass is 276 g/mol. The van der Waals surface area contributed by atoms with Crippen molar-refractivity contribution in [1.29, 1.82) is 0 Å². The third-order valence-corrected chi connectivity index (χ3v) is 7.64. The van der Waals surface area contributed by atoms with E-state index >= 15 is 0 Å². The van der Waals surface area contributed by atoms with Crippen LogP contribution in [-0.2, 0) is 19.1 Å². The van der Waals surface area contributed by atoms with Crippen LogP contribution in [0.3, 0.4) is 0 Å². The van der Waals surface area contributed by atoms with Crippen LogP contribution in [0.1, 0.15) is 12.8 Å². The SMILES string of the molecule is COC(=O)[C@@H]1[C@@H](C(=O)OC)[C@@H]2C3C4[C@H]5CC[C@H]4[C@@H]2[C@H]5[C@H]31. The van der Waals surface area contributed by atoms with Gasteiger partial charge in [-0.2, -0.15) is 0 Å². The molecule has 0 spiro atoms. The summed E-state index contributed by atoms with van der Waals surface area (Å²) in [6.45, 7) is 0. The van der Waals surface area contributed by atoms with Crippen molar-refractivity contribution >= 4 is 11.9 Å². The van der Waals surface area contributed by atoms with Gasteiger partial charge in [0.15, 0.2) is 0 Å². The van der Waals surface area contributed by atoms with Crippen molar-refractivity contribution in [3.05, 3.63) is 0 Å². The van der Waals surface area contributed by atoms with Crippen LogP contribution in [0.15, 0.2) is 0 Å². The van der Waals surface area contributed by atoms with Crippen LogP contribution in [0.25, 0.3) is 0 Å². The van der Waals surface area contributed by atoms with Gasteiger partial charge in [-0.3, -0.25) is 9.59 Å². The molecule has 2 unspecified atom stereocenters. The van der Waals surface area contributed by atoms with E-state index in [1.807, 2.05) is 0 Å². The van der Waals surface area contributed by atoms with Crippen molar-refractivity contribution in [2.24, 2.45) is 59.2 Å². The standard InChI is InChI=1S/C16H20O4/c1-19-15(17)13-11-8-5-3-4-6-7(5)10(11)12(9(6)8)14(13)16(18)20-2/h5-14H,3-4H2,1-2H3/t5-,6-,7?,8-,9+,10?,11+,12-,13+,14+/m1/s1. The molecule has 0 aromatic rings. The highest BCUT2D eigenvalue weighted by molar-refractivity contribution is 5.84.